The molecule has 0 bridgehead atoms. The molecule has 0 saturated carbocycles. The third-order valence-electron chi connectivity index (χ3n) is 2.29. The van der Waals surface area contributed by atoms with E-state index in [0.717, 1.165) is 6.07 Å². The molecule has 2 nitrogen and oxygen atoms in total. The summed E-state index contributed by atoms with van der Waals surface area (Å²) in [6.45, 7) is 1.09. The number of benzene rings is 1. The minimum absolute atomic E-state index is 0.0144. The van der Waals surface area contributed by atoms with Crippen molar-refractivity contribution in [1.29, 1.82) is 0 Å². The number of hydrogen-bond donors (Lipinski definition) is 2. The highest BCUT2D eigenvalue weighted by Gasteiger charge is 2.35. The largest absolute Gasteiger partial charge is 0.419 e. The van der Waals surface area contributed by atoms with Crippen LogP contribution in [0, 0.1) is 5.82 Å². The number of rotatable bonds is 2. The topological polar surface area (TPSA) is 46.2 Å². The molecular formula is C10H11F4NO. The maximum atomic E-state index is 13.1. The van der Waals surface area contributed by atoms with Crippen LogP contribution in [-0.2, 0) is 11.8 Å². The molecule has 6 heteroatoms. The Hall–Kier alpha value is -1.14. The molecule has 0 aliphatic carbocycles. The second-order valence-electron chi connectivity index (χ2n) is 3.67. The first-order valence-corrected chi connectivity index (χ1v) is 4.48. The second-order valence-corrected chi connectivity index (χ2v) is 3.67. The lowest BCUT2D eigenvalue weighted by molar-refractivity contribution is -0.140. The van der Waals surface area contributed by atoms with E-state index in [1.807, 2.05) is 0 Å². The summed E-state index contributed by atoms with van der Waals surface area (Å²) in [6, 6.07) is 2.25. The first kappa shape index (κ1) is 12.9. The van der Waals surface area contributed by atoms with Gasteiger partial charge in [-0.15, -0.1) is 0 Å². The summed E-state index contributed by atoms with van der Waals surface area (Å²) in [7, 11) is 0. The van der Waals surface area contributed by atoms with Gasteiger partial charge in [0.05, 0.1) is 11.2 Å². The molecule has 1 aromatic rings. The first-order chi connectivity index (χ1) is 7.18. The lowest BCUT2D eigenvalue weighted by Gasteiger charge is -2.22. The van der Waals surface area contributed by atoms with Crippen LogP contribution in [0.25, 0.3) is 0 Å². The van der Waals surface area contributed by atoms with Crippen LogP contribution in [0.4, 0.5) is 17.6 Å². The van der Waals surface area contributed by atoms with E-state index in [0.29, 0.717) is 12.1 Å². The van der Waals surface area contributed by atoms with Crippen molar-refractivity contribution >= 4 is 0 Å². The van der Waals surface area contributed by atoms with E-state index in [1.165, 1.54) is 6.92 Å². The Balaban J connectivity index is 3.20. The fraction of sp³-hybridized carbons (Fsp3) is 0.400. The summed E-state index contributed by atoms with van der Waals surface area (Å²) in [5.41, 5.74) is 2.34. The number of alkyl halides is 3. The number of hydrogen-bond acceptors (Lipinski definition) is 2. The van der Waals surface area contributed by atoms with Crippen LogP contribution in [-0.4, -0.2) is 11.7 Å². The average molecular weight is 237 g/mol. The van der Waals surface area contributed by atoms with Gasteiger partial charge in [0.1, 0.15) is 5.82 Å². The van der Waals surface area contributed by atoms with Crippen LogP contribution in [0.2, 0.25) is 0 Å². The highest BCUT2D eigenvalue weighted by atomic mass is 19.4. The van der Waals surface area contributed by atoms with Gasteiger partial charge in [-0.2, -0.15) is 13.2 Å². The van der Waals surface area contributed by atoms with Crippen molar-refractivity contribution in [3.05, 3.63) is 35.1 Å². The van der Waals surface area contributed by atoms with Crippen LogP contribution in [0.15, 0.2) is 18.2 Å². The molecule has 0 aliphatic rings. The van der Waals surface area contributed by atoms with Gasteiger partial charge in [-0.3, -0.25) is 0 Å². The molecule has 0 radical (unpaired) electrons. The molecule has 0 aliphatic heterocycles. The molecule has 1 aromatic carbocycles. The Morgan fingerprint density at radius 3 is 2.25 bits per heavy atom. The van der Waals surface area contributed by atoms with Crippen molar-refractivity contribution in [1.82, 2.24) is 0 Å². The van der Waals surface area contributed by atoms with E-state index in [-0.39, 0.29) is 12.1 Å². The monoisotopic (exact) mass is 237 g/mol. The van der Waals surface area contributed by atoms with E-state index < -0.39 is 23.2 Å². The molecule has 0 fully saturated rings. The SMILES string of the molecule is CC(O)(CN)c1ccc(C(F)(F)F)c(F)c1. The minimum atomic E-state index is -4.74. The molecule has 1 atom stereocenters. The summed E-state index contributed by atoms with van der Waals surface area (Å²) >= 11 is 0. The van der Waals surface area contributed by atoms with Crippen LogP contribution in [0.3, 0.4) is 0 Å². The predicted molar refractivity (Wildman–Crippen MR) is 50.0 cm³/mol. The Labute approximate surface area is 89.7 Å². The summed E-state index contributed by atoms with van der Waals surface area (Å²) in [5, 5.41) is 9.64. The second kappa shape index (κ2) is 4.03. The van der Waals surface area contributed by atoms with Crippen molar-refractivity contribution in [2.75, 3.05) is 6.54 Å². The highest BCUT2D eigenvalue weighted by molar-refractivity contribution is 5.30. The van der Waals surface area contributed by atoms with E-state index in [1.54, 1.807) is 0 Å². The predicted octanol–water partition coefficient (Wildman–Crippen LogP) is 2.01. The molecule has 16 heavy (non-hydrogen) atoms. The molecule has 0 amide bonds. The van der Waals surface area contributed by atoms with E-state index in [4.69, 9.17) is 5.73 Å². The average Bonchev–Trinajstić information content (AvgIpc) is 2.15. The Morgan fingerprint density at radius 2 is 1.88 bits per heavy atom. The highest BCUT2D eigenvalue weighted by Crippen LogP contribution is 2.33. The first-order valence-electron chi connectivity index (χ1n) is 4.48. The lowest BCUT2D eigenvalue weighted by Crippen LogP contribution is -2.31. The normalized spacial score (nSPS) is 15.9. The standard InChI is InChI=1S/C10H11F4NO/c1-9(16,5-15)6-2-3-7(8(11)4-6)10(12,13)14/h2-4,16H,5,15H2,1H3. The van der Waals surface area contributed by atoms with Crippen molar-refractivity contribution in [3.8, 4) is 0 Å². The summed E-state index contributed by atoms with van der Waals surface area (Å²) < 4.78 is 49.8. The van der Waals surface area contributed by atoms with Gasteiger partial charge in [0.2, 0.25) is 0 Å². The van der Waals surface area contributed by atoms with E-state index >= 15 is 0 Å². The fourth-order valence-corrected chi connectivity index (χ4v) is 1.20. The quantitative estimate of drug-likeness (QED) is 0.773. The Morgan fingerprint density at radius 1 is 1.31 bits per heavy atom. The third-order valence-corrected chi connectivity index (χ3v) is 2.29. The Bertz CT molecular complexity index is 387. The van der Waals surface area contributed by atoms with Gasteiger partial charge in [0.15, 0.2) is 0 Å². The zero-order valence-corrected chi connectivity index (χ0v) is 8.48. The molecule has 1 rings (SSSR count). The third kappa shape index (κ3) is 2.51. The molecule has 90 valence electrons. The number of nitrogens with two attached hydrogens (primary N) is 1. The molecule has 1 unspecified atom stereocenters. The van der Waals surface area contributed by atoms with Gasteiger partial charge in [-0.1, -0.05) is 6.07 Å². The van der Waals surface area contributed by atoms with Crippen LogP contribution in [0.1, 0.15) is 18.1 Å². The van der Waals surface area contributed by atoms with Crippen LogP contribution in [0.5, 0.6) is 0 Å². The van der Waals surface area contributed by atoms with Crippen molar-refractivity contribution < 1.29 is 22.7 Å². The van der Waals surface area contributed by atoms with E-state index in [2.05, 4.69) is 0 Å². The molecule has 0 saturated heterocycles. The maximum Gasteiger partial charge on any atom is 0.419 e. The zero-order valence-electron chi connectivity index (χ0n) is 8.48. The molecule has 3 N–H and O–H groups in total. The van der Waals surface area contributed by atoms with Gasteiger partial charge < -0.3 is 10.8 Å². The zero-order chi connectivity index (χ0) is 12.6. The van der Waals surface area contributed by atoms with Crippen molar-refractivity contribution in [2.24, 2.45) is 5.73 Å². The summed E-state index contributed by atoms with van der Waals surface area (Å²) in [4.78, 5) is 0. The molecule has 0 heterocycles. The molecule has 0 spiro atoms. The molecular weight excluding hydrogens is 226 g/mol. The van der Waals surface area contributed by atoms with Gasteiger partial charge in [0, 0.05) is 6.54 Å². The lowest BCUT2D eigenvalue weighted by atomic mass is 9.95. The van der Waals surface area contributed by atoms with Crippen molar-refractivity contribution in [2.45, 2.75) is 18.7 Å². The molecule has 0 aromatic heterocycles. The smallest absolute Gasteiger partial charge is 0.384 e. The fourth-order valence-electron chi connectivity index (χ4n) is 1.20. The van der Waals surface area contributed by atoms with Crippen molar-refractivity contribution in [3.63, 3.8) is 0 Å². The summed E-state index contributed by atoms with van der Waals surface area (Å²) in [5.74, 6) is -1.42. The van der Waals surface area contributed by atoms with Gasteiger partial charge >= 0.3 is 6.18 Å². The number of aliphatic hydroxyl groups is 1. The summed E-state index contributed by atoms with van der Waals surface area (Å²) in [6.07, 6.45) is -4.74. The van der Waals surface area contributed by atoms with Gasteiger partial charge in [-0.05, 0) is 24.6 Å². The van der Waals surface area contributed by atoms with Crippen LogP contribution >= 0.6 is 0 Å². The Kier molecular flexibility index (Phi) is 3.25. The van der Waals surface area contributed by atoms with Gasteiger partial charge in [-0.25, -0.2) is 4.39 Å². The minimum Gasteiger partial charge on any atom is -0.384 e. The van der Waals surface area contributed by atoms with Gasteiger partial charge in [0.25, 0.3) is 0 Å². The maximum absolute atomic E-state index is 13.1. The van der Waals surface area contributed by atoms with Crippen LogP contribution < -0.4 is 5.73 Å². The van der Waals surface area contributed by atoms with E-state index in [9.17, 15) is 22.7 Å². The number of halogens is 4.